The first-order chi connectivity index (χ1) is 8.07. The lowest BCUT2D eigenvalue weighted by atomic mass is 9.95. The Bertz CT molecular complexity index is 376. The Hall–Kier alpha value is -1.13. The fraction of sp³-hybridized carbons (Fsp3) is 0.615. The number of carbonyl (C=O) groups is 1. The number of hydrogen-bond acceptors (Lipinski definition) is 4. The highest BCUT2D eigenvalue weighted by Crippen LogP contribution is 2.31. The fourth-order valence-electron chi connectivity index (χ4n) is 2.78. The van der Waals surface area contributed by atoms with Gasteiger partial charge in [0.2, 0.25) is 0 Å². The second-order valence-corrected chi connectivity index (χ2v) is 4.86. The Morgan fingerprint density at radius 3 is 3.06 bits per heavy atom. The van der Waals surface area contributed by atoms with Crippen molar-refractivity contribution in [1.82, 2.24) is 4.90 Å². The molecular formula is C13H20N2O2. The lowest BCUT2D eigenvalue weighted by molar-refractivity contribution is -0.147. The van der Waals surface area contributed by atoms with Gasteiger partial charge in [0.1, 0.15) is 6.04 Å². The Kier molecular flexibility index (Phi) is 3.35. The molecule has 2 atom stereocenters. The minimum atomic E-state index is -0.534. The summed E-state index contributed by atoms with van der Waals surface area (Å²) in [4.78, 5) is 13.8. The van der Waals surface area contributed by atoms with Crippen LogP contribution in [0, 0.1) is 0 Å². The van der Waals surface area contributed by atoms with Crippen LogP contribution in [0.1, 0.15) is 26.2 Å². The first-order valence-electron chi connectivity index (χ1n) is 6.06. The summed E-state index contributed by atoms with van der Waals surface area (Å²) in [5, 5.41) is 0. The Morgan fingerprint density at radius 2 is 2.41 bits per heavy atom. The molecule has 0 spiro atoms. The number of likely N-dealkylation sites (tertiary alicyclic amines) is 1. The third-order valence-electron chi connectivity index (χ3n) is 3.56. The second-order valence-electron chi connectivity index (χ2n) is 4.86. The number of nitrogens with two attached hydrogens (primary N) is 1. The number of rotatable bonds is 2. The number of methoxy groups -OCH3 is 1. The summed E-state index contributed by atoms with van der Waals surface area (Å²) in [7, 11) is 1.43. The molecule has 1 saturated heterocycles. The minimum Gasteiger partial charge on any atom is -0.468 e. The summed E-state index contributed by atoms with van der Waals surface area (Å²) >= 11 is 0. The van der Waals surface area contributed by atoms with E-state index < -0.39 is 5.66 Å². The van der Waals surface area contributed by atoms with E-state index in [1.54, 1.807) is 0 Å². The van der Waals surface area contributed by atoms with Gasteiger partial charge in [0.15, 0.2) is 0 Å². The van der Waals surface area contributed by atoms with Crippen molar-refractivity contribution < 1.29 is 9.53 Å². The number of ether oxygens (including phenoxy) is 1. The molecule has 1 aliphatic carbocycles. The van der Waals surface area contributed by atoms with E-state index in [0.717, 1.165) is 31.4 Å². The fourth-order valence-corrected chi connectivity index (χ4v) is 2.78. The molecule has 0 aromatic heterocycles. The maximum atomic E-state index is 11.7. The van der Waals surface area contributed by atoms with Gasteiger partial charge in [-0.3, -0.25) is 9.69 Å². The summed E-state index contributed by atoms with van der Waals surface area (Å²) in [5.41, 5.74) is 7.04. The smallest absolute Gasteiger partial charge is 0.323 e. The molecule has 94 valence electrons. The molecule has 2 aliphatic rings. The van der Waals surface area contributed by atoms with Crippen LogP contribution in [0.4, 0.5) is 0 Å². The SMILES string of the molecule is COC(=O)[C@H]1CCCN1[C@@]1(N)C=C(C)C=CC1. The zero-order chi connectivity index (χ0) is 12.5. The molecular weight excluding hydrogens is 216 g/mol. The Balaban J connectivity index is 2.21. The Morgan fingerprint density at radius 1 is 1.65 bits per heavy atom. The number of nitrogens with zero attached hydrogens (tertiary/aromatic N) is 1. The highest BCUT2D eigenvalue weighted by molar-refractivity contribution is 5.76. The molecule has 0 bridgehead atoms. The van der Waals surface area contributed by atoms with Crippen LogP contribution in [0.15, 0.2) is 23.8 Å². The second kappa shape index (κ2) is 4.63. The van der Waals surface area contributed by atoms with Gasteiger partial charge < -0.3 is 10.5 Å². The van der Waals surface area contributed by atoms with E-state index in [1.165, 1.54) is 7.11 Å². The summed E-state index contributed by atoms with van der Waals surface area (Å²) < 4.78 is 4.85. The lowest BCUT2D eigenvalue weighted by Crippen LogP contribution is -2.58. The normalized spacial score (nSPS) is 33.6. The van der Waals surface area contributed by atoms with E-state index in [-0.39, 0.29) is 12.0 Å². The monoisotopic (exact) mass is 236 g/mol. The molecule has 0 unspecified atom stereocenters. The van der Waals surface area contributed by atoms with Crippen molar-refractivity contribution in [3.05, 3.63) is 23.8 Å². The van der Waals surface area contributed by atoms with Gasteiger partial charge in [-0.25, -0.2) is 0 Å². The standard InChI is InChI=1S/C13H20N2O2/c1-10-5-3-7-13(14,9-10)15-8-4-6-11(15)12(16)17-2/h3,5,9,11H,4,6-8,14H2,1-2H3/t11-,13-/m1/s1. The molecule has 0 radical (unpaired) electrons. The third-order valence-corrected chi connectivity index (χ3v) is 3.56. The molecule has 4 heteroatoms. The minimum absolute atomic E-state index is 0.173. The van der Waals surface area contributed by atoms with E-state index in [4.69, 9.17) is 10.5 Å². The highest BCUT2D eigenvalue weighted by Gasteiger charge is 2.42. The van der Waals surface area contributed by atoms with Crippen molar-refractivity contribution in [2.45, 2.75) is 37.9 Å². The van der Waals surface area contributed by atoms with Crippen LogP contribution in [-0.4, -0.2) is 36.2 Å². The van der Waals surface area contributed by atoms with Crippen LogP contribution in [0.2, 0.25) is 0 Å². The number of esters is 1. The van der Waals surface area contributed by atoms with E-state index in [1.807, 2.05) is 13.0 Å². The largest absolute Gasteiger partial charge is 0.468 e. The van der Waals surface area contributed by atoms with Crippen LogP contribution in [0.3, 0.4) is 0 Å². The molecule has 4 nitrogen and oxygen atoms in total. The molecule has 2 N–H and O–H groups in total. The third kappa shape index (κ3) is 2.28. The molecule has 1 heterocycles. The predicted octanol–water partition coefficient (Wildman–Crippen LogP) is 1.18. The van der Waals surface area contributed by atoms with Crippen molar-refractivity contribution in [2.24, 2.45) is 5.73 Å². The topological polar surface area (TPSA) is 55.6 Å². The average molecular weight is 236 g/mol. The van der Waals surface area contributed by atoms with Crippen LogP contribution >= 0.6 is 0 Å². The molecule has 1 fully saturated rings. The van der Waals surface area contributed by atoms with Gasteiger partial charge in [0.05, 0.1) is 12.8 Å². The number of carbonyl (C=O) groups excluding carboxylic acids is 1. The number of allylic oxidation sites excluding steroid dienone is 2. The summed E-state index contributed by atoms with van der Waals surface area (Å²) in [6.07, 6.45) is 8.76. The van der Waals surface area contributed by atoms with Crippen molar-refractivity contribution in [1.29, 1.82) is 0 Å². The summed E-state index contributed by atoms with van der Waals surface area (Å²) in [5.74, 6) is -0.173. The first-order valence-corrected chi connectivity index (χ1v) is 6.06. The van der Waals surface area contributed by atoms with Gasteiger partial charge in [0, 0.05) is 13.0 Å². The molecule has 1 aliphatic heterocycles. The van der Waals surface area contributed by atoms with E-state index >= 15 is 0 Å². The van der Waals surface area contributed by atoms with Crippen molar-refractivity contribution in [2.75, 3.05) is 13.7 Å². The van der Waals surface area contributed by atoms with E-state index in [9.17, 15) is 4.79 Å². The number of hydrogen-bond donors (Lipinski definition) is 1. The zero-order valence-corrected chi connectivity index (χ0v) is 10.5. The van der Waals surface area contributed by atoms with Gasteiger partial charge in [-0.05, 0) is 25.8 Å². The predicted molar refractivity (Wildman–Crippen MR) is 66.2 cm³/mol. The summed E-state index contributed by atoms with van der Waals surface area (Å²) in [6.45, 7) is 2.88. The lowest BCUT2D eigenvalue weighted by Gasteiger charge is -2.40. The van der Waals surface area contributed by atoms with Gasteiger partial charge in [0.25, 0.3) is 0 Å². The maximum absolute atomic E-state index is 11.7. The van der Waals surface area contributed by atoms with E-state index in [0.29, 0.717) is 0 Å². The van der Waals surface area contributed by atoms with Gasteiger partial charge in [-0.15, -0.1) is 0 Å². The van der Waals surface area contributed by atoms with Crippen LogP contribution in [0.5, 0.6) is 0 Å². The molecule has 0 saturated carbocycles. The van der Waals surface area contributed by atoms with Crippen molar-refractivity contribution in [3.63, 3.8) is 0 Å². The van der Waals surface area contributed by atoms with E-state index in [2.05, 4.69) is 17.1 Å². The molecule has 0 aromatic rings. The Labute approximate surface area is 102 Å². The zero-order valence-electron chi connectivity index (χ0n) is 10.5. The van der Waals surface area contributed by atoms with Crippen molar-refractivity contribution >= 4 is 5.97 Å². The molecule has 17 heavy (non-hydrogen) atoms. The maximum Gasteiger partial charge on any atom is 0.323 e. The van der Waals surface area contributed by atoms with Gasteiger partial charge in [-0.1, -0.05) is 17.7 Å². The first kappa shape index (κ1) is 12.3. The van der Waals surface area contributed by atoms with Crippen LogP contribution < -0.4 is 5.73 Å². The van der Waals surface area contributed by atoms with Crippen molar-refractivity contribution in [3.8, 4) is 0 Å². The quantitative estimate of drug-likeness (QED) is 0.732. The van der Waals surface area contributed by atoms with Crippen LogP contribution in [0.25, 0.3) is 0 Å². The summed E-state index contributed by atoms with van der Waals surface area (Å²) in [6, 6.07) is -0.194. The molecule has 0 aromatic carbocycles. The van der Waals surface area contributed by atoms with Gasteiger partial charge in [-0.2, -0.15) is 0 Å². The average Bonchev–Trinajstić information content (AvgIpc) is 2.77. The molecule has 0 amide bonds. The van der Waals surface area contributed by atoms with Gasteiger partial charge >= 0.3 is 5.97 Å². The highest BCUT2D eigenvalue weighted by atomic mass is 16.5. The van der Waals surface area contributed by atoms with Crippen LogP contribution in [-0.2, 0) is 9.53 Å². The molecule has 2 rings (SSSR count).